The normalized spacial score (nSPS) is 19.6. The van der Waals surface area contributed by atoms with Crippen LogP contribution in [0.5, 0.6) is 0 Å². The zero-order chi connectivity index (χ0) is 22.3. The molecular weight excluding hydrogens is 533 g/mol. The molecule has 1 unspecified atom stereocenters. The minimum absolute atomic E-state index is 0. The van der Waals surface area contributed by atoms with Crippen LogP contribution in [0.25, 0.3) is 0 Å². The molecule has 0 saturated carbocycles. The average Bonchev–Trinajstić information content (AvgIpc) is 3.21. The Balaban J connectivity index is 0.00000306. The number of aliphatic hydroxyl groups is 1. The van der Waals surface area contributed by atoms with E-state index in [0.29, 0.717) is 6.61 Å². The largest absolute Gasteiger partial charge is 0.393 e. The van der Waals surface area contributed by atoms with Crippen molar-refractivity contribution in [3.63, 3.8) is 0 Å². The summed E-state index contributed by atoms with van der Waals surface area (Å²) in [6, 6.07) is 9.00. The van der Waals surface area contributed by atoms with Crippen LogP contribution in [-0.4, -0.2) is 70.1 Å². The van der Waals surface area contributed by atoms with E-state index in [1.807, 2.05) is 4.68 Å². The van der Waals surface area contributed by atoms with Crippen LogP contribution < -0.4 is 10.6 Å². The molecule has 3 N–H and O–H groups in total. The molecule has 1 atom stereocenters. The van der Waals surface area contributed by atoms with Crippen molar-refractivity contribution in [1.29, 1.82) is 0 Å². The number of hydrogen-bond donors (Lipinski definition) is 3. The Hall–Kier alpha value is -1.76. The maximum Gasteiger partial charge on any atom is 0.191 e. The molecule has 0 radical (unpaired) electrons. The highest BCUT2D eigenvalue weighted by atomic mass is 127. The van der Waals surface area contributed by atoms with Crippen molar-refractivity contribution < 1.29 is 9.84 Å². The number of fused-ring (bicyclic) bond motifs is 1. The van der Waals surface area contributed by atoms with Gasteiger partial charge in [0.15, 0.2) is 11.8 Å². The van der Waals surface area contributed by atoms with Gasteiger partial charge in [0.2, 0.25) is 0 Å². The molecular formula is C23H36IN7O2. The van der Waals surface area contributed by atoms with E-state index in [9.17, 15) is 5.11 Å². The lowest BCUT2D eigenvalue weighted by atomic mass is 10.1. The third kappa shape index (κ3) is 7.36. The molecule has 0 amide bonds. The second-order valence-electron chi connectivity index (χ2n) is 8.69. The maximum absolute atomic E-state index is 9.66. The first-order chi connectivity index (χ1) is 15.6. The third-order valence-corrected chi connectivity index (χ3v) is 6.19. The number of benzene rings is 1. The van der Waals surface area contributed by atoms with E-state index in [-0.39, 0.29) is 36.1 Å². The average molecular weight is 569 g/mol. The minimum atomic E-state index is -0.122. The number of halogens is 1. The molecule has 33 heavy (non-hydrogen) atoms. The van der Waals surface area contributed by atoms with Crippen molar-refractivity contribution in [2.75, 3.05) is 27.2 Å². The van der Waals surface area contributed by atoms with Gasteiger partial charge in [-0.2, -0.15) is 5.10 Å². The first kappa shape index (κ1) is 25.9. The predicted octanol–water partition coefficient (Wildman–Crippen LogP) is 1.68. The van der Waals surface area contributed by atoms with Gasteiger partial charge in [-0.05, 0) is 30.4 Å². The Morgan fingerprint density at radius 2 is 1.91 bits per heavy atom. The molecule has 182 valence electrons. The Morgan fingerprint density at radius 1 is 1.18 bits per heavy atom. The lowest BCUT2D eigenvalue weighted by Gasteiger charge is -2.29. The number of aromatic nitrogens is 3. The number of rotatable bonds is 7. The van der Waals surface area contributed by atoms with E-state index < -0.39 is 0 Å². The number of aliphatic hydroxyl groups excluding tert-OH is 1. The summed E-state index contributed by atoms with van der Waals surface area (Å²) in [5.74, 6) is 2.57. The number of likely N-dealkylation sites (tertiary alicyclic amines) is 1. The molecule has 2 aromatic rings. The lowest BCUT2D eigenvalue weighted by molar-refractivity contribution is 0.0792. The van der Waals surface area contributed by atoms with E-state index in [1.165, 1.54) is 11.1 Å². The summed E-state index contributed by atoms with van der Waals surface area (Å²) in [6.45, 7) is 4.82. The molecule has 0 bridgehead atoms. The van der Waals surface area contributed by atoms with Crippen LogP contribution in [0.4, 0.5) is 0 Å². The zero-order valence-corrected chi connectivity index (χ0v) is 21.9. The van der Waals surface area contributed by atoms with Crippen LogP contribution in [0.15, 0.2) is 29.3 Å². The molecule has 1 aromatic heterocycles. The number of guanidine groups is 1. The molecule has 4 rings (SSSR count). The van der Waals surface area contributed by atoms with Gasteiger partial charge in [0.05, 0.1) is 12.6 Å². The van der Waals surface area contributed by atoms with E-state index in [0.717, 1.165) is 76.0 Å². The number of nitrogens with one attached hydrogen (secondary N) is 2. The van der Waals surface area contributed by atoms with Gasteiger partial charge >= 0.3 is 0 Å². The number of aryl methyl sites for hydroxylation is 1. The monoisotopic (exact) mass is 569 g/mol. The van der Waals surface area contributed by atoms with Crippen LogP contribution in [0.3, 0.4) is 0 Å². The number of methoxy groups -OCH3 is 1. The summed E-state index contributed by atoms with van der Waals surface area (Å²) in [5, 5.41) is 21.1. The lowest BCUT2D eigenvalue weighted by Crippen LogP contribution is -2.46. The van der Waals surface area contributed by atoms with Crippen LogP contribution >= 0.6 is 24.0 Å². The fourth-order valence-corrected chi connectivity index (χ4v) is 4.34. The predicted molar refractivity (Wildman–Crippen MR) is 139 cm³/mol. The molecule has 2 aliphatic heterocycles. The number of piperidine rings is 1. The molecule has 2 aliphatic rings. The SMILES string of the molecule is CN=C(NCc1ccc(CN2CCC(O)CC2)cc1)NC1CCc2nc(COC)nn2C1.I. The highest BCUT2D eigenvalue weighted by Gasteiger charge is 2.22. The molecule has 1 saturated heterocycles. The van der Waals surface area contributed by atoms with Gasteiger partial charge in [0.1, 0.15) is 12.4 Å². The smallest absolute Gasteiger partial charge is 0.191 e. The van der Waals surface area contributed by atoms with Crippen LogP contribution in [-0.2, 0) is 37.4 Å². The highest BCUT2D eigenvalue weighted by molar-refractivity contribution is 14.0. The van der Waals surface area contributed by atoms with Crippen LogP contribution in [0.1, 0.15) is 42.0 Å². The number of ether oxygens (including phenoxy) is 1. The first-order valence-corrected chi connectivity index (χ1v) is 11.5. The topological polar surface area (TPSA) is 99.8 Å². The quantitative estimate of drug-likeness (QED) is 0.265. The third-order valence-electron chi connectivity index (χ3n) is 6.19. The summed E-state index contributed by atoms with van der Waals surface area (Å²) < 4.78 is 7.12. The molecule has 3 heterocycles. The molecule has 0 aliphatic carbocycles. The highest BCUT2D eigenvalue weighted by Crippen LogP contribution is 2.15. The molecule has 10 heteroatoms. The number of nitrogens with zero attached hydrogens (tertiary/aromatic N) is 5. The first-order valence-electron chi connectivity index (χ1n) is 11.5. The van der Waals surface area contributed by atoms with Crippen molar-refractivity contribution in [3.05, 3.63) is 47.0 Å². The van der Waals surface area contributed by atoms with Gasteiger partial charge in [0, 0.05) is 52.8 Å². The van der Waals surface area contributed by atoms with E-state index in [2.05, 4.69) is 54.9 Å². The van der Waals surface area contributed by atoms with Gasteiger partial charge < -0.3 is 20.5 Å². The van der Waals surface area contributed by atoms with Gasteiger partial charge in [-0.25, -0.2) is 9.67 Å². The maximum atomic E-state index is 9.66. The van der Waals surface area contributed by atoms with E-state index in [4.69, 9.17) is 4.74 Å². The fraction of sp³-hybridized carbons (Fsp3) is 0.609. The summed E-state index contributed by atoms with van der Waals surface area (Å²) in [5.41, 5.74) is 2.53. The molecule has 9 nitrogen and oxygen atoms in total. The summed E-state index contributed by atoms with van der Waals surface area (Å²) in [6.07, 6.45) is 3.52. The Labute approximate surface area is 213 Å². The van der Waals surface area contributed by atoms with Crippen molar-refractivity contribution >= 4 is 29.9 Å². The Bertz CT molecular complexity index is 895. The van der Waals surface area contributed by atoms with Crippen molar-refractivity contribution in [2.24, 2.45) is 4.99 Å². The van der Waals surface area contributed by atoms with Crippen molar-refractivity contribution in [2.45, 2.75) is 64.1 Å². The van der Waals surface area contributed by atoms with E-state index >= 15 is 0 Å². The summed E-state index contributed by atoms with van der Waals surface area (Å²) in [7, 11) is 3.46. The zero-order valence-electron chi connectivity index (χ0n) is 19.5. The Morgan fingerprint density at radius 3 is 2.61 bits per heavy atom. The molecule has 1 aromatic carbocycles. The second-order valence-corrected chi connectivity index (χ2v) is 8.69. The Kier molecular flexibility index (Phi) is 9.90. The number of aliphatic imine (C=N–C) groups is 1. The molecule has 1 fully saturated rings. The van der Waals surface area contributed by atoms with Crippen LogP contribution in [0, 0.1) is 0 Å². The van der Waals surface area contributed by atoms with Crippen molar-refractivity contribution in [3.8, 4) is 0 Å². The van der Waals surface area contributed by atoms with E-state index in [1.54, 1.807) is 14.2 Å². The van der Waals surface area contributed by atoms with Crippen LogP contribution in [0.2, 0.25) is 0 Å². The van der Waals surface area contributed by atoms with Crippen molar-refractivity contribution in [1.82, 2.24) is 30.3 Å². The standard InChI is InChI=1S/C23H35N7O2.HI/c1-24-23(26-19-7-8-22-27-21(16-32-2)28-30(22)15-19)25-13-17-3-5-18(6-4-17)14-29-11-9-20(31)10-12-29;/h3-6,19-20,31H,7-16H2,1-2H3,(H2,24,25,26);1H. The minimum Gasteiger partial charge on any atom is -0.393 e. The van der Waals surface area contributed by atoms with Gasteiger partial charge in [-0.15, -0.1) is 24.0 Å². The van der Waals surface area contributed by atoms with Gasteiger partial charge in [0.25, 0.3) is 0 Å². The second kappa shape index (κ2) is 12.6. The van der Waals surface area contributed by atoms with Gasteiger partial charge in [-0.1, -0.05) is 24.3 Å². The fourth-order valence-electron chi connectivity index (χ4n) is 4.34. The summed E-state index contributed by atoms with van der Waals surface area (Å²) in [4.78, 5) is 11.3. The number of hydrogen-bond acceptors (Lipinski definition) is 6. The molecule has 0 spiro atoms. The summed E-state index contributed by atoms with van der Waals surface area (Å²) >= 11 is 0. The van der Waals surface area contributed by atoms with Gasteiger partial charge in [-0.3, -0.25) is 9.89 Å².